The molecule has 0 bridgehead atoms. The second-order valence-corrected chi connectivity index (χ2v) is 4.92. The Labute approximate surface area is 115 Å². The van der Waals surface area contributed by atoms with Gasteiger partial charge < -0.3 is 15.2 Å². The minimum atomic E-state index is 0.0532. The lowest BCUT2D eigenvalue weighted by molar-refractivity contribution is 0.319. The minimum absolute atomic E-state index is 0.0532. The molecule has 19 heavy (non-hydrogen) atoms. The third-order valence-corrected chi connectivity index (χ3v) is 3.54. The largest absolute Gasteiger partial charge is 0.497 e. The quantitative estimate of drug-likeness (QED) is 0.625. The van der Waals surface area contributed by atoms with E-state index in [0.29, 0.717) is 17.9 Å². The smallest absolute Gasteiger partial charge is 0.134 e. The van der Waals surface area contributed by atoms with Gasteiger partial charge in [-0.2, -0.15) is 0 Å². The van der Waals surface area contributed by atoms with Crippen LogP contribution in [0.4, 0.5) is 0 Å². The molecule has 100 valence electrons. The Morgan fingerprint density at radius 2 is 2.21 bits per heavy atom. The number of nitrogens with zero attached hydrogens (tertiary/aromatic N) is 1. The summed E-state index contributed by atoms with van der Waals surface area (Å²) in [5.41, 5.74) is 5.39. The number of nitrogen functional groups attached to an aromatic ring is 1. The molecule has 0 aliphatic carbocycles. The lowest BCUT2D eigenvalue weighted by Gasteiger charge is -2.06. The van der Waals surface area contributed by atoms with E-state index in [1.807, 2.05) is 24.3 Å². The van der Waals surface area contributed by atoms with Crippen LogP contribution < -0.4 is 15.2 Å². The molecule has 0 atom stereocenters. The first kappa shape index (κ1) is 13.4. The molecule has 0 spiro atoms. The number of ether oxygens (including phenoxy) is 2. The van der Waals surface area contributed by atoms with Gasteiger partial charge in [0, 0.05) is 18.7 Å². The summed E-state index contributed by atoms with van der Waals surface area (Å²) in [7, 11) is 1.62. The van der Waals surface area contributed by atoms with E-state index in [1.54, 1.807) is 13.3 Å². The van der Waals surface area contributed by atoms with Crippen molar-refractivity contribution in [2.45, 2.75) is 6.42 Å². The van der Waals surface area contributed by atoms with E-state index in [-0.39, 0.29) is 5.84 Å². The molecule has 0 amide bonds. The number of amidine groups is 1. The van der Waals surface area contributed by atoms with E-state index in [9.17, 15) is 0 Å². The van der Waals surface area contributed by atoms with Gasteiger partial charge in [-0.3, -0.25) is 5.41 Å². The number of nitrogens with two attached hydrogens (primary N) is 1. The van der Waals surface area contributed by atoms with Crippen LogP contribution >= 0.6 is 11.3 Å². The van der Waals surface area contributed by atoms with Gasteiger partial charge in [0.05, 0.1) is 23.6 Å². The van der Waals surface area contributed by atoms with Crippen LogP contribution in [0.5, 0.6) is 11.5 Å². The molecule has 0 saturated carbocycles. The van der Waals surface area contributed by atoms with Crippen LogP contribution in [0.2, 0.25) is 0 Å². The highest BCUT2D eigenvalue weighted by Crippen LogP contribution is 2.19. The molecule has 2 rings (SSSR count). The normalized spacial score (nSPS) is 10.2. The monoisotopic (exact) mass is 277 g/mol. The maximum absolute atomic E-state index is 7.31. The van der Waals surface area contributed by atoms with E-state index in [2.05, 4.69) is 4.98 Å². The summed E-state index contributed by atoms with van der Waals surface area (Å²) in [4.78, 5) is 4.89. The van der Waals surface area contributed by atoms with Crippen molar-refractivity contribution in [1.29, 1.82) is 5.41 Å². The number of thiazole rings is 1. The van der Waals surface area contributed by atoms with Gasteiger partial charge in [0.2, 0.25) is 0 Å². The van der Waals surface area contributed by atoms with E-state index in [0.717, 1.165) is 16.5 Å². The summed E-state index contributed by atoms with van der Waals surface area (Å²) < 4.78 is 10.7. The van der Waals surface area contributed by atoms with E-state index in [1.165, 1.54) is 11.3 Å². The van der Waals surface area contributed by atoms with Crippen molar-refractivity contribution in [2.75, 3.05) is 13.7 Å². The molecule has 0 aliphatic heterocycles. The first-order valence-electron chi connectivity index (χ1n) is 5.75. The van der Waals surface area contributed by atoms with Crippen molar-refractivity contribution in [3.8, 4) is 11.5 Å². The lowest BCUT2D eigenvalue weighted by atomic mass is 10.3. The van der Waals surface area contributed by atoms with Crippen LogP contribution in [0.25, 0.3) is 0 Å². The highest BCUT2D eigenvalue weighted by molar-refractivity contribution is 7.13. The van der Waals surface area contributed by atoms with Crippen molar-refractivity contribution in [3.63, 3.8) is 0 Å². The molecular weight excluding hydrogens is 262 g/mol. The van der Waals surface area contributed by atoms with Gasteiger partial charge in [-0.1, -0.05) is 6.07 Å². The molecule has 1 aromatic heterocycles. The second-order valence-electron chi connectivity index (χ2n) is 3.81. The number of methoxy groups -OCH3 is 1. The predicted octanol–water partition coefficient (Wildman–Crippen LogP) is 2.06. The standard InChI is InChI=1S/C13H15N3O2S/c1-17-9-3-2-4-10(7-9)18-6-5-12-16-8-11(19-12)13(14)15/h2-4,7-8H,5-6H2,1H3,(H3,14,15). The zero-order chi connectivity index (χ0) is 13.7. The van der Waals surface area contributed by atoms with Crippen LogP contribution in [0, 0.1) is 5.41 Å². The molecule has 6 heteroatoms. The van der Waals surface area contributed by atoms with Crippen molar-refractivity contribution in [3.05, 3.63) is 40.3 Å². The Balaban J connectivity index is 1.86. The summed E-state index contributed by atoms with van der Waals surface area (Å²) in [6.45, 7) is 0.526. The molecule has 0 aliphatic rings. The topological polar surface area (TPSA) is 81.2 Å². The van der Waals surface area contributed by atoms with Gasteiger partial charge in [0.1, 0.15) is 17.3 Å². The van der Waals surface area contributed by atoms with Gasteiger partial charge in [-0.25, -0.2) is 4.98 Å². The Bertz CT molecular complexity index is 569. The molecule has 0 unspecified atom stereocenters. The molecule has 0 fully saturated rings. The number of aromatic nitrogens is 1. The lowest BCUT2D eigenvalue weighted by Crippen LogP contribution is -2.08. The first-order valence-corrected chi connectivity index (χ1v) is 6.56. The number of nitrogens with one attached hydrogen (secondary N) is 1. The number of hydrogen-bond donors (Lipinski definition) is 2. The Kier molecular flexibility index (Phi) is 4.35. The Hall–Kier alpha value is -2.08. The first-order chi connectivity index (χ1) is 9.19. The molecule has 0 radical (unpaired) electrons. The highest BCUT2D eigenvalue weighted by atomic mass is 32.1. The molecule has 1 heterocycles. The summed E-state index contributed by atoms with van der Waals surface area (Å²) >= 11 is 1.42. The van der Waals surface area contributed by atoms with Crippen LogP contribution in [0.15, 0.2) is 30.5 Å². The number of hydrogen-bond acceptors (Lipinski definition) is 5. The molecule has 0 saturated heterocycles. The van der Waals surface area contributed by atoms with E-state index in [4.69, 9.17) is 20.6 Å². The van der Waals surface area contributed by atoms with E-state index < -0.39 is 0 Å². The fourth-order valence-corrected chi connectivity index (χ4v) is 2.26. The summed E-state index contributed by atoms with van der Waals surface area (Å²) in [6.07, 6.45) is 2.31. The van der Waals surface area contributed by atoms with Gasteiger partial charge in [-0.05, 0) is 12.1 Å². The van der Waals surface area contributed by atoms with E-state index >= 15 is 0 Å². The van der Waals surface area contributed by atoms with Crippen molar-refractivity contribution >= 4 is 17.2 Å². The number of rotatable bonds is 6. The zero-order valence-corrected chi connectivity index (χ0v) is 11.4. The Morgan fingerprint density at radius 1 is 1.42 bits per heavy atom. The van der Waals surface area contributed by atoms with Crippen molar-refractivity contribution in [2.24, 2.45) is 5.73 Å². The molecular formula is C13H15N3O2S. The summed E-state index contributed by atoms with van der Waals surface area (Å²) in [6, 6.07) is 7.46. The molecule has 3 N–H and O–H groups in total. The molecule has 5 nitrogen and oxygen atoms in total. The van der Waals surface area contributed by atoms with Gasteiger partial charge in [-0.15, -0.1) is 11.3 Å². The van der Waals surface area contributed by atoms with Crippen molar-refractivity contribution < 1.29 is 9.47 Å². The van der Waals surface area contributed by atoms with Crippen LogP contribution in [-0.4, -0.2) is 24.5 Å². The zero-order valence-electron chi connectivity index (χ0n) is 10.6. The van der Waals surface area contributed by atoms with Gasteiger partial charge in [0.25, 0.3) is 0 Å². The fraction of sp³-hybridized carbons (Fsp3) is 0.231. The number of benzene rings is 1. The maximum atomic E-state index is 7.31. The SMILES string of the molecule is COc1cccc(OCCc2ncc(C(=N)N)s2)c1. The molecule has 1 aromatic carbocycles. The third kappa shape index (κ3) is 3.69. The third-order valence-electron chi connectivity index (χ3n) is 2.44. The average molecular weight is 277 g/mol. The fourth-order valence-electron chi connectivity index (χ4n) is 1.50. The van der Waals surface area contributed by atoms with Crippen molar-refractivity contribution in [1.82, 2.24) is 4.98 Å². The highest BCUT2D eigenvalue weighted by Gasteiger charge is 2.04. The molecule has 2 aromatic rings. The Morgan fingerprint density at radius 3 is 2.89 bits per heavy atom. The average Bonchev–Trinajstić information content (AvgIpc) is 2.88. The summed E-state index contributed by atoms with van der Waals surface area (Å²) in [5.74, 6) is 1.59. The van der Waals surface area contributed by atoms with Gasteiger partial charge in [0.15, 0.2) is 0 Å². The summed E-state index contributed by atoms with van der Waals surface area (Å²) in [5, 5.41) is 8.22. The van der Waals surface area contributed by atoms with Crippen LogP contribution in [0.1, 0.15) is 9.88 Å². The predicted molar refractivity (Wildman–Crippen MR) is 75.3 cm³/mol. The van der Waals surface area contributed by atoms with Crippen LogP contribution in [-0.2, 0) is 6.42 Å². The maximum Gasteiger partial charge on any atom is 0.134 e. The van der Waals surface area contributed by atoms with Crippen LogP contribution in [0.3, 0.4) is 0 Å². The van der Waals surface area contributed by atoms with Gasteiger partial charge >= 0.3 is 0 Å². The second kappa shape index (κ2) is 6.19. The minimum Gasteiger partial charge on any atom is -0.497 e.